The Morgan fingerprint density at radius 1 is 1.57 bits per heavy atom. The van der Waals surface area contributed by atoms with Crippen molar-refractivity contribution >= 4 is 16.5 Å². The number of anilines is 1. The van der Waals surface area contributed by atoms with Gasteiger partial charge in [-0.3, -0.25) is 0 Å². The number of ether oxygens (including phenoxy) is 1. The van der Waals surface area contributed by atoms with Gasteiger partial charge < -0.3 is 14.7 Å². The third-order valence-corrected chi connectivity index (χ3v) is 3.43. The predicted octanol–water partition coefficient (Wildman–Crippen LogP) is 1.03. The Morgan fingerprint density at radius 3 is 2.86 bits per heavy atom. The number of aliphatic hydroxyl groups is 1. The summed E-state index contributed by atoms with van der Waals surface area (Å²) in [5.74, 6) is 0. The Kier molecular flexibility index (Phi) is 3.00. The van der Waals surface area contributed by atoms with E-state index in [1.807, 2.05) is 0 Å². The number of nitrogens with zero attached hydrogens (tertiary/aromatic N) is 2. The lowest BCUT2D eigenvalue weighted by Gasteiger charge is -2.26. The molecule has 2 heterocycles. The van der Waals surface area contributed by atoms with Crippen molar-refractivity contribution in [3.8, 4) is 0 Å². The first-order chi connectivity index (χ1) is 6.77. The second-order valence-corrected chi connectivity index (χ2v) is 4.36. The van der Waals surface area contributed by atoms with Crippen LogP contribution < -0.4 is 4.90 Å². The van der Waals surface area contributed by atoms with Crippen molar-refractivity contribution in [3.05, 3.63) is 11.1 Å². The minimum atomic E-state index is -0.415. The summed E-state index contributed by atoms with van der Waals surface area (Å²) >= 11 is 1.56. The van der Waals surface area contributed by atoms with Gasteiger partial charge in [-0.2, -0.15) is 0 Å². The van der Waals surface area contributed by atoms with Gasteiger partial charge in [-0.15, -0.1) is 0 Å². The number of aromatic nitrogens is 1. The van der Waals surface area contributed by atoms with Crippen LogP contribution in [-0.2, 0) is 4.74 Å². The highest BCUT2D eigenvalue weighted by atomic mass is 32.1. The molecular formula is C9H14N2O2S. The smallest absolute Gasteiger partial charge is 0.185 e. The van der Waals surface area contributed by atoms with Crippen LogP contribution in [0.25, 0.3) is 0 Å². The molecule has 1 aliphatic heterocycles. The van der Waals surface area contributed by atoms with Crippen LogP contribution in [0.5, 0.6) is 0 Å². The van der Waals surface area contributed by atoms with Crippen molar-refractivity contribution < 1.29 is 9.84 Å². The van der Waals surface area contributed by atoms with Crippen LogP contribution in [0.1, 0.15) is 17.9 Å². The average Bonchev–Trinajstić information content (AvgIpc) is 2.68. The molecule has 0 aliphatic carbocycles. The fourth-order valence-corrected chi connectivity index (χ4v) is 2.27. The summed E-state index contributed by atoms with van der Waals surface area (Å²) in [7, 11) is 0. The summed E-state index contributed by atoms with van der Waals surface area (Å²) in [4.78, 5) is 7.41. The van der Waals surface area contributed by atoms with Gasteiger partial charge in [0.05, 0.1) is 24.2 Å². The second-order valence-electron chi connectivity index (χ2n) is 3.32. The molecule has 0 radical (unpaired) electrons. The molecule has 1 N–H and O–H groups in total. The maximum absolute atomic E-state index is 9.36. The molecule has 0 unspecified atom stereocenters. The summed E-state index contributed by atoms with van der Waals surface area (Å²) in [6, 6.07) is 0. The first-order valence-electron chi connectivity index (χ1n) is 4.74. The minimum Gasteiger partial charge on any atom is -0.388 e. The van der Waals surface area contributed by atoms with E-state index in [9.17, 15) is 5.11 Å². The molecule has 1 aromatic heterocycles. The summed E-state index contributed by atoms with van der Waals surface area (Å²) in [5.41, 5.74) is 0. The van der Waals surface area contributed by atoms with E-state index in [0.717, 1.165) is 36.3 Å². The molecule has 4 nitrogen and oxygen atoms in total. The Labute approximate surface area is 87.1 Å². The van der Waals surface area contributed by atoms with Crippen molar-refractivity contribution in [3.63, 3.8) is 0 Å². The van der Waals surface area contributed by atoms with Gasteiger partial charge in [0.1, 0.15) is 0 Å². The quantitative estimate of drug-likeness (QED) is 0.798. The molecule has 1 aromatic rings. The Balaban J connectivity index is 2.07. The van der Waals surface area contributed by atoms with E-state index in [1.165, 1.54) is 0 Å². The zero-order valence-electron chi connectivity index (χ0n) is 8.14. The molecule has 0 saturated carbocycles. The molecule has 5 heteroatoms. The molecule has 1 fully saturated rings. The number of hydrogen-bond acceptors (Lipinski definition) is 5. The van der Waals surface area contributed by atoms with E-state index in [0.29, 0.717) is 0 Å². The van der Waals surface area contributed by atoms with Crippen LogP contribution in [0.4, 0.5) is 5.13 Å². The molecule has 1 saturated heterocycles. The van der Waals surface area contributed by atoms with Crippen molar-refractivity contribution in [2.24, 2.45) is 0 Å². The standard InChI is InChI=1S/C9H14N2O2S/c1-7(12)8-6-10-9(14-8)11-2-4-13-5-3-11/h6-7,12H,2-5H2,1H3/t7-/m0/s1. The van der Waals surface area contributed by atoms with Crippen LogP contribution in [0, 0.1) is 0 Å². The van der Waals surface area contributed by atoms with E-state index in [4.69, 9.17) is 4.74 Å². The van der Waals surface area contributed by atoms with Crippen LogP contribution in [0.15, 0.2) is 6.20 Å². The normalized spacial score (nSPS) is 19.7. The van der Waals surface area contributed by atoms with E-state index < -0.39 is 6.10 Å². The van der Waals surface area contributed by atoms with E-state index >= 15 is 0 Å². The zero-order valence-corrected chi connectivity index (χ0v) is 8.96. The highest BCUT2D eigenvalue weighted by Gasteiger charge is 2.15. The van der Waals surface area contributed by atoms with Gasteiger partial charge >= 0.3 is 0 Å². The molecule has 0 aromatic carbocycles. The number of aliphatic hydroxyl groups excluding tert-OH is 1. The molecule has 78 valence electrons. The first kappa shape index (κ1) is 9.89. The van der Waals surface area contributed by atoms with Gasteiger partial charge in [-0.05, 0) is 6.92 Å². The van der Waals surface area contributed by atoms with Crippen LogP contribution in [-0.4, -0.2) is 36.4 Å². The van der Waals surface area contributed by atoms with E-state index in [-0.39, 0.29) is 0 Å². The van der Waals surface area contributed by atoms with Crippen LogP contribution >= 0.6 is 11.3 Å². The summed E-state index contributed by atoms with van der Waals surface area (Å²) in [6.07, 6.45) is 1.34. The van der Waals surface area contributed by atoms with Crippen molar-refractivity contribution in [2.75, 3.05) is 31.2 Å². The Morgan fingerprint density at radius 2 is 2.29 bits per heavy atom. The maximum atomic E-state index is 9.36. The van der Waals surface area contributed by atoms with Crippen molar-refractivity contribution in [1.29, 1.82) is 0 Å². The number of rotatable bonds is 2. The molecule has 0 spiro atoms. The third-order valence-electron chi connectivity index (χ3n) is 2.20. The molecule has 1 aliphatic rings. The number of thiazole rings is 1. The average molecular weight is 214 g/mol. The second kappa shape index (κ2) is 4.25. The number of hydrogen-bond donors (Lipinski definition) is 1. The van der Waals surface area contributed by atoms with Crippen LogP contribution in [0.3, 0.4) is 0 Å². The maximum Gasteiger partial charge on any atom is 0.185 e. The highest BCUT2D eigenvalue weighted by molar-refractivity contribution is 7.15. The molecule has 0 amide bonds. The number of morpholine rings is 1. The molecule has 2 rings (SSSR count). The van der Waals surface area contributed by atoms with Gasteiger partial charge in [0, 0.05) is 19.3 Å². The highest BCUT2D eigenvalue weighted by Crippen LogP contribution is 2.27. The summed E-state index contributed by atoms with van der Waals surface area (Å²) in [5, 5.41) is 10.4. The van der Waals surface area contributed by atoms with Gasteiger partial charge in [0.2, 0.25) is 0 Å². The fourth-order valence-electron chi connectivity index (χ4n) is 1.37. The lowest BCUT2D eigenvalue weighted by molar-refractivity contribution is 0.122. The van der Waals surface area contributed by atoms with E-state index in [2.05, 4.69) is 9.88 Å². The van der Waals surface area contributed by atoms with Crippen molar-refractivity contribution in [1.82, 2.24) is 4.98 Å². The Hall–Kier alpha value is -0.650. The fraction of sp³-hybridized carbons (Fsp3) is 0.667. The third kappa shape index (κ3) is 2.05. The largest absolute Gasteiger partial charge is 0.388 e. The van der Waals surface area contributed by atoms with Crippen molar-refractivity contribution in [2.45, 2.75) is 13.0 Å². The van der Waals surface area contributed by atoms with E-state index in [1.54, 1.807) is 24.5 Å². The minimum absolute atomic E-state index is 0.415. The topological polar surface area (TPSA) is 45.6 Å². The Bertz CT molecular complexity index is 295. The SMILES string of the molecule is C[C@H](O)c1cnc(N2CCOCC2)s1. The first-order valence-corrected chi connectivity index (χ1v) is 5.55. The van der Waals surface area contributed by atoms with Gasteiger partial charge in [0.25, 0.3) is 0 Å². The lowest BCUT2D eigenvalue weighted by Crippen LogP contribution is -2.36. The van der Waals surface area contributed by atoms with Gasteiger partial charge in [-0.25, -0.2) is 4.98 Å². The lowest BCUT2D eigenvalue weighted by atomic mass is 10.4. The summed E-state index contributed by atoms with van der Waals surface area (Å²) < 4.78 is 5.26. The molecule has 1 atom stereocenters. The summed E-state index contributed by atoms with van der Waals surface area (Å²) in [6.45, 7) is 5.09. The van der Waals surface area contributed by atoms with Gasteiger partial charge in [0.15, 0.2) is 5.13 Å². The van der Waals surface area contributed by atoms with Crippen LogP contribution in [0.2, 0.25) is 0 Å². The molecule has 14 heavy (non-hydrogen) atoms. The molecular weight excluding hydrogens is 200 g/mol. The predicted molar refractivity (Wildman–Crippen MR) is 55.8 cm³/mol. The van der Waals surface area contributed by atoms with Gasteiger partial charge in [-0.1, -0.05) is 11.3 Å². The molecule has 0 bridgehead atoms. The monoisotopic (exact) mass is 214 g/mol. The zero-order chi connectivity index (χ0) is 9.97.